The largest absolute Gasteiger partial charge is 0.444 e. The highest BCUT2D eigenvalue weighted by Gasteiger charge is 2.15. The van der Waals surface area contributed by atoms with Gasteiger partial charge in [0, 0.05) is 6.54 Å². The fourth-order valence-corrected chi connectivity index (χ4v) is 2.90. The third kappa shape index (κ3) is 38.8. The molecule has 1 N–H and O–H groups in total. The summed E-state index contributed by atoms with van der Waals surface area (Å²) in [7, 11) is 0. The first kappa shape index (κ1) is 42.8. The van der Waals surface area contributed by atoms with Crippen LogP contribution in [-0.4, -0.2) is 170 Å². The number of alkyl halides is 1. The van der Waals surface area contributed by atoms with E-state index in [2.05, 4.69) is 5.32 Å². The van der Waals surface area contributed by atoms with Crippen LogP contribution in [0.15, 0.2) is 0 Å². The van der Waals surface area contributed by atoms with Crippen molar-refractivity contribution in [3.63, 3.8) is 0 Å². The summed E-state index contributed by atoms with van der Waals surface area (Å²) in [5.74, 6) is 0. The van der Waals surface area contributed by atoms with Crippen molar-refractivity contribution in [3.8, 4) is 0 Å². The third-order valence-corrected chi connectivity index (χ3v) is 4.86. The van der Waals surface area contributed by atoms with Crippen molar-refractivity contribution in [1.29, 1.82) is 0 Å². The van der Waals surface area contributed by atoms with Gasteiger partial charge >= 0.3 is 6.09 Å². The molecule has 0 unspecified atom stereocenters. The minimum Gasteiger partial charge on any atom is -0.444 e. The Bertz CT molecular complexity index is 588. The Labute approximate surface area is 262 Å². The minimum atomic E-state index is -0.513. The van der Waals surface area contributed by atoms with E-state index in [1.807, 2.05) is 20.8 Å². The van der Waals surface area contributed by atoms with Crippen molar-refractivity contribution in [2.75, 3.05) is 159 Å². The highest BCUT2D eigenvalue weighted by Crippen LogP contribution is 2.06. The highest BCUT2D eigenvalue weighted by molar-refractivity contribution is 5.67. The Morgan fingerprint density at radius 3 is 0.886 bits per heavy atom. The predicted molar refractivity (Wildman–Crippen MR) is 159 cm³/mol. The van der Waals surface area contributed by atoms with Crippen LogP contribution in [-0.2, 0) is 56.8 Å². The van der Waals surface area contributed by atoms with E-state index in [1.54, 1.807) is 0 Å². The number of hydrogen-bond acceptors (Lipinski definition) is 13. The van der Waals surface area contributed by atoms with Crippen molar-refractivity contribution in [2.24, 2.45) is 0 Å². The topological polar surface area (TPSA) is 140 Å². The van der Waals surface area contributed by atoms with Gasteiger partial charge in [0.15, 0.2) is 0 Å². The minimum absolute atomic E-state index is 0.110. The van der Waals surface area contributed by atoms with Gasteiger partial charge in [-0.1, -0.05) is 0 Å². The van der Waals surface area contributed by atoms with Crippen LogP contribution in [0.1, 0.15) is 20.8 Å². The van der Waals surface area contributed by atoms with Crippen molar-refractivity contribution in [2.45, 2.75) is 26.4 Å². The van der Waals surface area contributed by atoms with Crippen LogP contribution >= 0.6 is 0 Å². The van der Waals surface area contributed by atoms with Gasteiger partial charge in [-0.3, -0.25) is 0 Å². The molecule has 0 aliphatic heterocycles. The molecule has 0 aliphatic rings. The number of amides is 1. The third-order valence-electron chi connectivity index (χ3n) is 4.86. The van der Waals surface area contributed by atoms with Crippen molar-refractivity contribution >= 4 is 6.09 Å². The van der Waals surface area contributed by atoms with Crippen LogP contribution in [0.2, 0.25) is 0 Å². The van der Waals surface area contributed by atoms with E-state index in [-0.39, 0.29) is 6.61 Å². The van der Waals surface area contributed by atoms with E-state index in [1.165, 1.54) is 0 Å². The van der Waals surface area contributed by atoms with E-state index in [0.29, 0.717) is 145 Å². The lowest BCUT2D eigenvalue weighted by Gasteiger charge is -2.19. The number of ether oxygens (including phenoxy) is 12. The normalized spacial score (nSPS) is 11.7. The number of carbonyl (C=O) groups is 1. The second kappa shape index (κ2) is 34.6. The molecule has 0 saturated heterocycles. The number of rotatable bonds is 35. The monoisotopic (exact) mass is 647 g/mol. The van der Waals surface area contributed by atoms with E-state index in [4.69, 9.17) is 56.8 Å². The second-order valence-corrected chi connectivity index (χ2v) is 9.85. The molecule has 0 bridgehead atoms. The average molecular weight is 648 g/mol. The molecule has 0 aromatic heterocycles. The molecule has 0 atom stereocenters. The molecule has 0 saturated carbocycles. The summed E-state index contributed by atoms with van der Waals surface area (Å²) in [6.07, 6.45) is -0.455. The molecule has 14 nitrogen and oxygen atoms in total. The van der Waals surface area contributed by atoms with Crippen LogP contribution in [0.4, 0.5) is 9.18 Å². The molecule has 44 heavy (non-hydrogen) atoms. The Morgan fingerprint density at radius 2 is 0.659 bits per heavy atom. The zero-order chi connectivity index (χ0) is 32.2. The Balaban J connectivity index is 3.09. The lowest BCUT2D eigenvalue weighted by Crippen LogP contribution is -2.34. The molecule has 0 aromatic carbocycles. The molecule has 264 valence electrons. The molecule has 15 heteroatoms. The number of alkyl carbamates (subject to hydrolysis) is 1. The van der Waals surface area contributed by atoms with Crippen LogP contribution in [0.25, 0.3) is 0 Å². The lowest BCUT2D eigenvalue weighted by molar-refractivity contribution is -0.0275. The molecule has 0 spiro atoms. The molecule has 0 heterocycles. The lowest BCUT2D eigenvalue weighted by atomic mass is 10.2. The first-order chi connectivity index (χ1) is 21.5. The number of nitrogens with one attached hydrogen (secondary N) is 1. The quantitative estimate of drug-likeness (QED) is 0.0999. The van der Waals surface area contributed by atoms with Gasteiger partial charge in [-0.2, -0.15) is 0 Å². The number of carbonyl (C=O) groups excluding carboxylic acids is 1. The van der Waals surface area contributed by atoms with E-state index in [0.717, 1.165) is 0 Å². The predicted octanol–water partition coefficient (Wildman–Crippen LogP) is 1.66. The summed E-state index contributed by atoms with van der Waals surface area (Å²) in [5.41, 5.74) is -0.513. The first-order valence-electron chi connectivity index (χ1n) is 15.3. The molecular weight excluding hydrogens is 589 g/mol. The van der Waals surface area contributed by atoms with E-state index >= 15 is 0 Å². The van der Waals surface area contributed by atoms with Gasteiger partial charge in [0.25, 0.3) is 0 Å². The zero-order valence-corrected chi connectivity index (χ0v) is 27.2. The van der Waals surface area contributed by atoms with Crippen molar-refractivity contribution in [1.82, 2.24) is 5.32 Å². The SMILES string of the molecule is CC(C)(C)OC(=O)NCCOCCOCCOCCOCCOCCOCCOCCOCCOCCOCCOCCF. The van der Waals surface area contributed by atoms with E-state index in [9.17, 15) is 9.18 Å². The molecule has 0 fully saturated rings. The summed E-state index contributed by atoms with van der Waals surface area (Å²) in [4.78, 5) is 11.5. The summed E-state index contributed by atoms with van der Waals surface area (Å²) < 4.78 is 76.0. The molecule has 0 rings (SSSR count). The molecular formula is C29H58FNO13. The Kier molecular flexibility index (Phi) is 33.7. The van der Waals surface area contributed by atoms with Gasteiger partial charge in [0.2, 0.25) is 0 Å². The summed E-state index contributed by atoms with van der Waals surface area (Å²) in [6, 6.07) is 0. The fraction of sp³-hybridized carbons (Fsp3) is 0.966. The first-order valence-corrected chi connectivity index (χ1v) is 15.3. The van der Waals surface area contributed by atoms with E-state index < -0.39 is 18.4 Å². The molecule has 0 aliphatic carbocycles. The molecule has 1 amide bonds. The van der Waals surface area contributed by atoms with Crippen LogP contribution in [0, 0.1) is 0 Å². The highest BCUT2D eigenvalue weighted by atomic mass is 19.1. The summed E-state index contributed by atoms with van der Waals surface area (Å²) >= 11 is 0. The maximum atomic E-state index is 11.8. The standard InChI is InChI=1S/C29H58FNO13/c1-29(2,3)44-28(32)31-5-7-34-9-11-36-13-15-38-17-19-40-21-23-42-25-27-43-26-24-41-22-20-39-18-16-37-14-12-35-10-8-33-6-4-30/h4-27H2,1-3H3,(H,31,32). The van der Waals surface area contributed by atoms with Crippen LogP contribution < -0.4 is 5.32 Å². The van der Waals surface area contributed by atoms with Gasteiger partial charge in [-0.05, 0) is 20.8 Å². The van der Waals surface area contributed by atoms with Crippen molar-refractivity contribution in [3.05, 3.63) is 0 Å². The maximum Gasteiger partial charge on any atom is 0.407 e. The van der Waals surface area contributed by atoms with Crippen molar-refractivity contribution < 1.29 is 66.0 Å². The van der Waals surface area contributed by atoms with Crippen LogP contribution in [0.3, 0.4) is 0 Å². The molecule has 0 aromatic rings. The summed E-state index contributed by atoms with van der Waals surface area (Å²) in [6.45, 7) is 15.3. The molecule has 0 radical (unpaired) electrons. The number of hydrogen-bond donors (Lipinski definition) is 1. The average Bonchev–Trinajstić information content (AvgIpc) is 2.98. The number of halogens is 1. The summed E-state index contributed by atoms with van der Waals surface area (Å²) in [5, 5.41) is 2.62. The second-order valence-electron chi connectivity index (χ2n) is 9.85. The smallest absolute Gasteiger partial charge is 0.407 e. The Hall–Kier alpha value is -1.24. The maximum absolute atomic E-state index is 11.8. The Morgan fingerprint density at radius 1 is 0.432 bits per heavy atom. The van der Waals surface area contributed by atoms with Gasteiger partial charge in [-0.15, -0.1) is 0 Å². The van der Waals surface area contributed by atoms with Gasteiger partial charge in [0.05, 0.1) is 145 Å². The van der Waals surface area contributed by atoms with Gasteiger partial charge in [-0.25, -0.2) is 9.18 Å². The van der Waals surface area contributed by atoms with Gasteiger partial charge in [0.1, 0.15) is 12.3 Å². The van der Waals surface area contributed by atoms with Gasteiger partial charge < -0.3 is 62.2 Å². The zero-order valence-electron chi connectivity index (χ0n) is 27.2. The van der Waals surface area contributed by atoms with Crippen LogP contribution in [0.5, 0.6) is 0 Å². The fourth-order valence-electron chi connectivity index (χ4n) is 2.90.